The molecule has 3 rings (SSSR count). The first kappa shape index (κ1) is 19.6. The van der Waals surface area contributed by atoms with E-state index in [9.17, 15) is 14.0 Å². The molecule has 28 heavy (non-hydrogen) atoms. The van der Waals surface area contributed by atoms with Gasteiger partial charge in [-0.15, -0.1) is 0 Å². The molecule has 0 fully saturated rings. The third kappa shape index (κ3) is 4.20. The zero-order chi connectivity index (χ0) is 20.3. The lowest BCUT2D eigenvalue weighted by atomic mass is 10.2. The average molecular weight is 402 g/mol. The number of esters is 1. The normalized spacial score (nSPS) is 10.6. The molecule has 0 spiro atoms. The number of amides is 1. The summed E-state index contributed by atoms with van der Waals surface area (Å²) in [6.07, 6.45) is 1.49. The van der Waals surface area contributed by atoms with Crippen LogP contribution in [0.4, 0.5) is 10.1 Å². The van der Waals surface area contributed by atoms with E-state index in [1.165, 1.54) is 18.3 Å². The van der Waals surface area contributed by atoms with Crippen molar-refractivity contribution in [3.05, 3.63) is 76.6 Å². The van der Waals surface area contributed by atoms with Crippen molar-refractivity contribution in [3.63, 3.8) is 0 Å². The maximum absolute atomic E-state index is 13.2. The third-order valence-corrected chi connectivity index (χ3v) is 4.40. The minimum atomic E-state index is -0.631. The third-order valence-electron chi connectivity index (χ3n) is 4.10. The smallest absolute Gasteiger partial charge is 0.340 e. The van der Waals surface area contributed by atoms with Crippen LogP contribution in [0, 0.1) is 19.7 Å². The Morgan fingerprint density at radius 3 is 2.61 bits per heavy atom. The van der Waals surface area contributed by atoms with E-state index in [1.807, 2.05) is 11.5 Å². The number of aryl methyl sites for hydroxylation is 1. The summed E-state index contributed by atoms with van der Waals surface area (Å²) in [4.78, 5) is 28.3. The van der Waals surface area contributed by atoms with Crippen molar-refractivity contribution in [3.8, 4) is 5.69 Å². The predicted molar refractivity (Wildman–Crippen MR) is 103 cm³/mol. The van der Waals surface area contributed by atoms with Gasteiger partial charge < -0.3 is 14.6 Å². The number of halogens is 2. The Morgan fingerprint density at radius 2 is 1.93 bits per heavy atom. The van der Waals surface area contributed by atoms with Crippen LogP contribution >= 0.6 is 11.6 Å². The Bertz CT molecular complexity index is 1030. The van der Waals surface area contributed by atoms with E-state index in [2.05, 4.69) is 10.3 Å². The van der Waals surface area contributed by atoms with Gasteiger partial charge in [0.1, 0.15) is 5.82 Å². The van der Waals surface area contributed by atoms with Crippen LogP contribution in [0.15, 0.2) is 48.7 Å². The summed E-state index contributed by atoms with van der Waals surface area (Å²) in [5.74, 6) is -1.50. The Morgan fingerprint density at radius 1 is 1.21 bits per heavy atom. The van der Waals surface area contributed by atoms with Crippen LogP contribution in [0.1, 0.15) is 21.7 Å². The molecule has 0 saturated heterocycles. The number of anilines is 1. The van der Waals surface area contributed by atoms with Gasteiger partial charge in [-0.25, -0.2) is 14.2 Å². The molecule has 1 amide bonds. The number of aromatic nitrogens is 2. The molecule has 0 aliphatic heterocycles. The molecule has 1 N–H and O–H groups in total. The largest absolute Gasteiger partial charge is 0.452 e. The quantitative estimate of drug-likeness (QED) is 0.516. The summed E-state index contributed by atoms with van der Waals surface area (Å²) in [6, 6.07) is 10.8. The van der Waals surface area contributed by atoms with Gasteiger partial charge in [-0.3, -0.25) is 4.79 Å². The molecule has 3 aromatic rings. The number of nitrogens with one attached hydrogen (secondary N) is 1. The van der Waals surface area contributed by atoms with Crippen molar-refractivity contribution in [1.82, 2.24) is 9.55 Å². The predicted octanol–water partition coefficient (Wildman–Crippen LogP) is 4.08. The van der Waals surface area contributed by atoms with Crippen LogP contribution in [-0.4, -0.2) is 28.0 Å². The van der Waals surface area contributed by atoms with Gasteiger partial charge >= 0.3 is 5.97 Å². The van der Waals surface area contributed by atoms with Gasteiger partial charge in [0.15, 0.2) is 11.8 Å². The summed E-state index contributed by atoms with van der Waals surface area (Å²) in [7, 11) is 0. The number of carbonyl (C=O) groups excluding carboxylic acids is 2. The van der Waals surface area contributed by atoms with Gasteiger partial charge in [0.2, 0.25) is 0 Å². The molecule has 2 heterocycles. The molecule has 8 heteroatoms. The van der Waals surface area contributed by atoms with Crippen molar-refractivity contribution in [2.75, 3.05) is 11.9 Å². The summed E-state index contributed by atoms with van der Waals surface area (Å²) in [6.45, 7) is 3.11. The van der Waals surface area contributed by atoms with Gasteiger partial charge in [0, 0.05) is 23.3 Å². The van der Waals surface area contributed by atoms with E-state index in [0.29, 0.717) is 16.9 Å². The van der Waals surface area contributed by atoms with Gasteiger partial charge in [0.05, 0.1) is 11.3 Å². The molecule has 0 aliphatic rings. The first-order valence-corrected chi connectivity index (χ1v) is 8.77. The number of nitrogens with zero attached hydrogens (tertiary/aromatic N) is 2. The molecule has 0 unspecified atom stereocenters. The molecule has 6 nitrogen and oxygen atoms in total. The Kier molecular flexibility index (Phi) is 5.75. The summed E-state index contributed by atoms with van der Waals surface area (Å²) >= 11 is 5.88. The van der Waals surface area contributed by atoms with Gasteiger partial charge in [-0.1, -0.05) is 11.6 Å². The van der Waals surface area contributed by atoms with Crippen LogP contribution in [0.25, 0.3) is 5.69 Å². The fourth-order valence-corrected chi connectivity index (χ4v) is 3.00. The van der Waals surface area contributed by atoms with Gasteiger partial charge in [-0.05, 0) is 56.3 Å². The SMILES string of the molecule is Cc1cc(C(=O)OCC(=O)Nc2cccnc2Cl)c(C)n1-c1ccc(F)cc1. The molecular weight excluding hydrogens is 385 g/mol. The lowest BCUT2D eigenvalue weighted by Crippen LogP contribution is -2.21. The Hall–Kier alpha value is -3.19. The summed E-state index contributed by atoms with van der Waals surface area (Å²) in [5.41, 5.74) is 2.79. The second kappa shape index (κ2) is 8.22. The number of pyridine rings is 1. The average Bonchev–Trinajstić information content (AvgIpc) is 2.97. The molecule has 2 aromatic heterocycles. The van der Waals surface area contributed by atoms with Crippen molar-refractivity contribution >= 4 is 29.2 Å². The Labute approximate surface area is 165 Å². The van der Waals surface area contributed by atoms with Crippen molar-refractivity contribution in [1.29, 1.82) is 0 Å². The summed E-state index contributed by atoms with van der Waals surface area (Å²) in [5, 5.41) is 2.67. The van der Waals surface area contributed by atoms with Crippen LogP contribution in [0.2, 0.25) is 5.15 Å². The molecule has 0 atom stereocenters. The van der Waals surface area contributed by atoms with E-state index in [-0.39, 0.29) is 11.0 Å². The second-order valence-corrected chi connectivity index (χ2v) is 6.42. The van der Waals surface area contributed by atoms with E-state index in [1.54, 1.807) is 37.3 Å². The first-order valence-electron chi connectivity index (χ1n) is 8.39. The van der Waals surface area contributed by atoms with E-state index >= 15 is 0 Å². The minimum Gasteiger partial charge on any atom is -0.452 e. The zero-order valence-electron chi connectivity index (χ0n) is 15.2. The lowest BCUT2D eigenvalue weighted by molar-refractivity contribution is -0.119. The maximum Gasteiger partial charge on any atom is 0.340 e. The number of ether oxygens (including phenoxy) is 1. The molecule has 0 aliphatic carbocycles. The van der Waals surface area contributed by atoms with Crippen molar-refractivity contribution < 1.29 is 18.7 Å². The number of carbonyl (C=O) groups is 2. The number of rotatable bonds is 5. The number of benzene rings is 1. The molecule has 1 aromatic carbocycles. The van der Waals surface area contributed by atoms with Crippen LogP contribution in [-0.2, 0) is 9.53 Å². The molecule has 0 saturated carbocycles. The van der Waals surface area contributed by atoms with Crippen molar-refractivity contribution in [2.24, 2.45) is 0 Å². The first-order chi connectivity index (χ1) is 13.4. The van der Waals surface area contributed by atoms with E-state index < -0.39 is 18.5 Å². The molecule has 0 bridgehead atoms. The highest BCUT2D eigenvalue weighted by molar-refractivity contribution is 6.32. The lowest BCUT2D eigenvalue weighted by Gasteiger charge is -2.10. The highest BCUT2D eigenvalue weighted by atomic mass is 35.5. The highest BCUT2D eigenvalue weighted by Crippen LogP contribution is 2.22. The minimum absolute atomic E-state index is 0.144. The number of hydrogen-bond acceptors (Lipinski definition) is 4. The van der Waals surface area contributed by atoms with Crippen LogP contribution in [0.3, 0.4) is 0 Å². The zero-order valence-corrected chi connectivity index (χ0v) is 16.0. The topological polar surface area (TPSA) is 73.2 Å². The van der Waals surface area contributed by atoms with Gasteiger partial charge in [-0.2, -0.15) is 0 Å². The number of hydrogen-bond donors (Lipinski definition) is 1. The van der Waals surface area contributed by atoms with Crippen LogP contribution < -0.4 is 5.32 Å². The van der Waals surface area contributed by atoms with Crippen LogP contribution in [0.5, 0.6) is 0 Å². The van der Waals surface area contributed by atoms with Crippen molar-refractivity contribution in [2.45, 2.75) is 13.8 Å². The fourth-order valence-electron chi connectivity index (χ4n) is 2.83. The molecular formula is C20H17ClFN3O3. The Balaban J connectivity index is 1.69. The van der Waals surface area contributed by atoms with Gasteiger partial charge in [0.25, 0.3) is 5.91 Å². The fraction of sp³-hybridized carbons (Fsp3) is 0.150. The molecule has 0 radical (unpaired) electrons. The molecule has 144 valence electrons. The second-order valence-electron chi connectivity index (χ2n) is 6.06. The van der Waals surface area contributed by atoms with E-state index in [0.717, 1.165) is 11.4 Å². The summed E-state index contributed by atoms with van der Waals surface area (Å²) < 4.78 is 20.1. The van der Waals surface area contributed by atoms with E-state index in [4.69, 9.17) is 16.3 Å². The standard InChI is InChI=1S/C20H17ClFN3O3/c1-12-10-16(13(2)25(12)15-7-5-14(22)6-8-15)20(27)28-11-18(26)24-17-4-3-9-23-19(17)21/h3-10H,11H2,1-2H3,(H,24,26). The maximum atomic E-state index is 13.2. The monoisotopic (exact) mass is 401 g/mol. The highest BCUT2D eigenvalue weighted by Gasteiger charge is 2.19.